The van der Waals surface area contributed by atoms with Crippen LogP contribution in [0.1, 0.15) is 64.1 Å². The van der Waals surface area contributed by atoms with Gasteiger partial charge in [0.2, 0.25) is 5.91 Å². The molecule has 0 unspecified atom stereocenters. The molecule has 1 aromatic rings. The van der Waals surface area contributed by atoms with E-state index in [4.69, 9.17) is 18.6 Å². The van der Waals surface area contributed by atoms with Gasteiger partial charge in [0.15, 0.2) is 19.8 Å². The van der Waals surface area contributed by atoms with Gasteiger partial charge in [-0.15, -0.1) is 11.8 Å². The van der Waals surface area contributed by atoms with E-state index in [1.165, 1.54) is 7.11 Å². The number of nitrogens with zero attached hydrogens (tertiary/aromatic N) is 1. The molecule has 0 spiro atoms. The van der Waals surface area contributed by atoms with E-state index < -0.39 is 25.0 Å². The molecule has 37 heavy (non-hydrogen) atoms. The zero-order valence-corrected chi connectivity index (χ0v) is 25.9. The highest BCUT2D eigenvalue weighted by Gasteiger charge is 2.65. The van der Waals surface area contributed by atoms with E-state index in [1.54, 1.807) is 26.0 Å². The lowest BCUT2D eigenvalue weighted by Crippen LogP contribution is -2.45. The van der Waals surface area contributed by atoms with Crippen molar-refractivity contribution in [1.82, 2.24) is 4.90 Å². The van der Waals surface area contributed by atoms with Crippen molar-refractivity contribution >= 4 is 32.0 Å². The average molecular weight is 552 g/mol. The Morgan fingerprint density at radius 1 is 1.14 bits per heavy atom. The second-order valence-electron chi connectivity index (χ2n) is 11.5. The lowest BCUT2D eigenvalue weighted by atomic mass is 9.71. The van der Waals surface area contributed by atoms with Crippen molar-refractivity contribution < 1.29 is 28.2 Å². The van der Waals surface area contributed by atoms with Gasteiger partial charge in [-0.05, 0) is 72.8 Å². The average Bonchev–Trinajstić information content (AvgIpc) is 3.10. The molecule has 0 aromatic heterocycles. The number of rotatable bonds is 11. The van der Waals surface area contributed by atoms with Crippen molar-refractivity contribution in [2.45, 2.75) is 82.8 Å². The number of carbonyl (C=O) groups is 2. The van der Waals surface area contributed by atoms with Crippen LogP contribution in [0.25, 0.3) is 0 Å². The predicted octanol–water partition coefficient (Wildman–Crippen LogP) is 5.62. The summed E-state index contributed by atoms with van der Waals surface area (Å²) in [7, 11) is 2.81. The van der Waals surface area contributed by atoms with Crippen LogP contribution in [0.15, 0.2) is 12.1 Å². The summed E-state index contributed by atoms with van der Waals surface area (Å²) in [5, 5.41) is -0.344. The molecule has 7 nitrogen and oxygen atoms in total. The number of benzene rings is 1. The molecule has 1 saturated heterocycles. The molecule has 1 amide bonds. The normalized spacial score (nSPS) is 23.5. The first-order chi connectivity index (χ1) is 17.4. The molecular weight excluding hydrogens is 506 g/mol. The van der Waals surface area contributed by atoms with Crippen LogP contribution in [0.5, 0.6) is 11.5 Å². The third-order valence-electron chi connectivity index (χ3n) is 8.49. The van der Waals surface area contributed by atoms with Crippen molar-refractivity contribution in [2.24, 2.45) is 5.41 Å². The lowest BCUT2D eigenvalue weighted by Gasteiger charge is -2.41. The van der Waals surface area contributed by atoms with Gasteiger partial charge in [0.05, 0.1) is 27.4 Å². The molecule has 2 heterocycles. The zero-order valence-electron chi connectivity index (χ0n) is 24.1. The number of unbranched alkanes of at least 4 members (excludes halogenated alkanes) is 1. The third-order valence-corrected chi connectivity index (χ3v) is 14.3. The molecule has 0 bridgehead atoms. The molecule has 208 valence electrons. The van der Waals surface area contributed by atoms with Gasteiger partial charge in [-0.3, -0.25) is 9.59 Å². The van der Waals surface area contributed by atoms with Crippen LogP contribution < -0.4 is 9.47 Å². The summed E-state index contributed by atoms with van der Waals surface area (Å²) in [6, 6.07) is 3.54. The smallest absolute Gasteiger partial charge is 0.315 e. The summed E-state index contributed by atoms with van der Waals surface area (Å²) in [6.45, 7) is 14.5. The Morgan fingerprint density at radius 2 is 1.78 bits per heavy atom. The van der Waals surface area contributed by atoms with E-state index in [0.29, 0.717) is 37.5 Å². The fourth-order valence-electron chi connectivity index (χ4n) is 5.48. The van der Waals surface area contributed by atoms with Crippen molar-refractivity contribution in [3.8, 4) is 11.5 Å². The first-order valence-corrected chi connectivity index (χ1v) is 17.2. The predicted molar refractivity (Wildman–Crippen MR) is 151 cm³/mol. The number of fused-ring (bicyclic) bond motifs is 3. The number of carbonyl (C=O) groups excluding carboxylic acids is 2. The monoisotopic (exact) mass is 551 g/mol. The van der Waals surface area contributed by atoms with Crippen molar-refractivity contribution in [2.75, 3.05) is 40.2 Å². The molecule has 2 aliphatic heterocycles. The number of hydrogen-bond donors (Lipinski definition) is 0. The highest BCUT2D eigenvalue weighted by atomic mass is 32.2. The van der Waals surface area contributed by atoms with Gasteiger partial charge in [0.25, 0.3) is 0 Å². The van der Waals surface area contributed by atoms with Gasteiger partial charge in [-0.25, -0.2) is 0 Å². The minimum Gasteiger partial charge on any atom is -0.493 e. The topological polar surface area (TPSA) is 74.3 Å². The zero-order chi connectivity index (χ0) is 27.6. The maximum Gasteiger partial charge on any atom is 0.315 e. The molecule has 0 N–H and O–H groups in total. The Balaban J connectivity index is 1.99. The van der Waals surface area contributed by atoms with Crippen LogP contribution in [0.2, 0.25) is 18.1 Å². The third kappa shape index (κ3) is 5.41. The second kappa shape index (κ2) is 11.6. The molecule has 3 atom stereocenters. The fourth-order valence-corrected chi connectivity index (χ4v) is 7.82. The van der Waals surface area contributed by atoms with E-state index in [1.807, 2.05) is 24.0 Å². The highest BCUT2D eigenvalue weighted by Crippen LogP contribution is 2.58. The molecule has 0 aliphatic carbocycles. The Labute approximate surface area is 228 Å². The fraction of sp³-hybridized carbons (Fsp3) is 0.714. The lowest BCUT2D eigenvalue weighted by molar-refractivity contribution is -0.155. The number of methoxy groups -OCH3 is 3. The number of hydrogen-bond acceptors (Lipinski definition) is 7. The molecule has 1 aromatic carbocycles. The summed E-state index contributed by atoms with van der Waals surface area (Å²) in [4.78, 5) is 29.5. The quantitative estimate of drug-likeness (QED) is 0.201. The van der Waals surface area contributed by atoms with E-state index in [2.05, 4.69) is 33.9 Å². The maximum absolute atomic E-state index is 13.8. The molecule has 1 fully saturated rings. The van der Waals surface area contributed by atoms with Crippen LogP contribution in [0, 0.1) is 5.41 Å². The van der Waals surface area contributed by atoms with E-state index in [-0.39, 0.29) is 16.9 Å². The van der Waals surface area contributed by atoms with Crippen LogP contribution in [-0.2, 0) is 25.2 Å². The number of ether oxygens (including phenoxy) is 3. The molecule has 0 saturated carbocycles. The summed E-state index contributed by atoms with van der Waals surface area (Å²) in [6.07, 6.45) is 2.86. The van der Waals surface area contributed by atoms with E-state index in [0.717, 1.165) is 29.7 Å². The second-order valence-corrected chi connectivity index (χ2v) is 17.7. The standard InChI is InChI=1S/C28H45NO6SSi/c1-10-36-24-25(30)29-15-13-19-17-21(32-5)22(33-6)18-20(19)23(29)28(24,26(31)34-7)14-11-12-16-35-37(8,9)27(2,3)4/h17-18,23-24H,10-16H2,1-9H3/t23-,24-,28+/m1/s1. The van der Waals surface area contributed by atoms with Gasteiger partial charge < -0.3 is 23.5 Å². The van der Waals surface area contributed by atoms with Crippen LogP contribution in [0.3, 0.4) is 0 Å². The highest BCUT2D eigenvalue weighted by molar-refractivity contribution is 8.00. The summed E-state index contributed by atoms with van der Waals surface area (Å²) < 4.78 is 23.0. The van der Waals surface area contributed by atoms with Crippen LogP contribution >= 0.6 is 11.8 Å². The number of thioether (sulfide) groups is 1. The maximum atomic E-state index is 13.8. The molecule has 3 rings (SSSR count). The van der Waals surface area contributed by atoms with Crippen molar-refractivity contribution in [1.29, 1.82) is 0 Å². The van der Waals surface area contributed by atoms with Gasteiger partial charge in [0.1, 0.15) is 10.7 Å². The summed E-state index contributed by atoms with van der Waals surface area (Å²) in [5.41, 5.74) is 1.06. The van der Waals surface area contributed by atoms with Gasteiger partial charge in [-0.2, -0.15) is 0 Å². The van der Waals surface area contributed by atoms with Gasteiger partial charge >= 0.3 is 5.97 Å². The summed E-state index contributed by atoms with van der Waals surface area (Å²) >= 11 is 1.55. The summed E-state index contributed by atoms with van der Waals surface area (Å²) in [5.74, 6) is 1.71. The minimum absolute atomic E-state index is 0.0280. The largest absolute Gasteiger partial charge is 0.493 e. The van der Waals surface area contributed by atoms with Gasteiger partial charge in [-0.1, -0.05) is 27.7 Å². The number of esters is 1. The van der Waals surface area contributed by atoms with Crippen LogP contribution in [-0.4, -0.2) is 70.6 Å². The van der Waals surface area contributed by atoms with Crippen molar-refractivity contribution in [3.63, 3.8) is 0 Å². The molecule has 0 radical (unpaired) electrons. The molecule has 9 heteroatoms. The Kier molecular flexibility index (Phi) is 9.34. The Morgan fingerprint density at radius 3 is 2.35 bits per heavy atom. The minimum atomic E-state index is -1.85. The molecular formula is C28H45NO6SSi. The SMILES string of the molecule is CCS[C@@H]1C(=O)N2CCc3cc(OC)c(OC)cc3[C@@H]2[C@]1(CCCCO[Si](C)(C)C(C)(C)C)C(=O)OC. The van der Waals surface area contributed by atoms with Gasteiger partial charge in [0, 0.05) is 13.2 Å². The first-order valence-electron chi connectivity index (χ1n) is 13.3. The van der Waals surface area contributed by atoms with E-state index in [9.17, 15) is 9.59 Å². The number of amides is 1. The Bertz CT molecular complexity index is 994. The molecule has 2 aliphatic rings. The van der Waals surface area contributed by atoms with Crippen molar-refractivity contribution in [3.05, 3.63) is 23.3 Å². The van der Waals surface area contributed by atoms with E-state index >= 15 is 0 Å². The van der Waals surface area contributed by atoms with Crippen LogP contribution in [0.4, 0.5) is 0 Å². The Hall–Kier alpha value is -1.71. The first kappa shape index (κ1) is 29.8.